The van der Waals surface area contributed by atoms with Gasteiger partial charge in [-0.2, -0.15) is 0 Å². The van der Waals surface area contributed by atoms with E-state index in [2.05, 4.69) is 10.3 Å². The van der Waals surface area contributed by atoms with Gasteiger partial charge in [-0.3, -0.25) is 9.78 Å². The van der Waals surface area contributed by atoms with Crippen LogP contribution >= 0.6 is 0 Å². The van der Waals surface area contributed by atoms with E-state index in [1.54, 1.807) is 38.4 Å². The predicted octanol–water partition coefficient (Wildman–Crippen LogP) is 2.41. The first-order valence-corrected chi connectivity index (χ1v) is 6.21. The number of hydrogen-bond acceptors (Lipinski definition) is 4. The van der Waals surface area contributed by atoms with Crippen LogP contribution in [0.2, 0.25) is 0 Å². The van der Waals surface area contributed by atoms with Gasteiger partial charge in [-0.25, -0.2) is 0 Å². The monoisotopic (exact) mass is 271 g/mol. The normalized spacial score (nSPS) is 9.95. The van der Waals surface area contributed by atoms with E-state index in [0.717, 1.165) is 17.1 Å². The van der Waals surface area contributed by atoms with Gasteiger partial charge in [0.2, 0.25) is 0 Å². The van der Waals surface area contributed by atoms with Crippen LogP contribution in [0.15, 0.2) is 42.6 Å². The van der Waals surface area contributed by atoms with Crippen LogP contribution in [-0.4, -0.2) is 32.1 Å². The summed E-state index contributed by atoms with van der Waals surface area (Å²) in [7, 11) is 5.13. The Kier molecular flexibility index (Phi) is 4.20. The Balaban J connectivity index is 2.22. The number of carbonyl (C=O) groups is 1. The molecule has 0 fully saturated rings. The van der Waals surface area contributed by atoms with Crippen molar-refractivity contribution < 1.29 is 9.53 Å². The third-order valence-electron chi connectivity index (χ3n) is 3.03. The van der Waals surface area contributed by atoms with Crippen molar-refractivity contribution in [3.05, 3.63) is 48.3 Å². The van der Waals surface area contributed by atoms with Crippen molar-refractivity contribution in [2.45, 2.75) is 0 Å². The number of ether oxygens (including phenoxy) is 1. The van der Waals surface area contributed by atoms with Gasteiger partial charge >= 0.3 is 0 Å². The number of benzene rings is 1. The Morgan fingerprint density at radius 2 is 1.95 bits per heavy atom. The third kappa shape index (κ3) is 2.88. The maximum atomic E-state index is 12.4. The molecule has 0 aliphatic carbocycles. The molecule has 0 atom stereocenters. The maximum Gasteiger partial charge on any atom is 0.276 e. The molecule has 0 aliphatic heterocycles. The zero-order valence-electron chi connectivity index (χ0n) is 11.8. The summed E-state index contributed by atoms with van der Waals surface area (Å²) in [5, 5.41) is 2.99. The molecule has 0 unspecified atom stereocenters. The van der Waals surface area contributed by atoms with Crippen LogP contribution in [0.25, 0.3) is 0 Å². The average molecular weight is 271 g/mol. The largest absolute Gasteiger partial charge is 0.497 e. The van der Waals surface area contributed by atoms with Crippen molar-refractivity contribution in [1.82, 2.24) is 4.98 Å². The van der Waals surface area contributed by atoms with E-state index in [1.165, 1.54) is 0 Å². The smallest absolute Gasteiger partial charge is 0.276 e. The number of hydrogen-bond donors (Lipinski definition) is 1. The molecular formula is C15H17N3O2. The van der Waals surface area contributed by atoms with Crippen LogP contribution in [0, 0.1) is 0 Å². The first-order valence-electron chi connectivity index (χ1n) is 6.21. The zero-order chi connectivity index (χ0) is 14.5. The molecule has 2 rings (SSSR count). The molecule has 2 aromatic rings. The highest BCUT2D eigenvalue weighted by Crippen LogP contribution is 2.20. The summed E-state index contributed by atoms with van der Waals surface area (Å²) >= 11 is 0. The second-order valence-corrected chi connectivity index (χ2v) is 4.24. The number of methoxy groups -OCH3 is 1. The molecule has 1 N–H and O–H groups in total. The molecule has 1 heterocycles. The summed E-state index contributed by atoms with van der Waals surface area (Å²) in [5.74, 6) is 0.595. The van der Waals surface area contributed by atoms with Crippen LogP contribution in [0.1, 0.15) is 10.5 Å². The van der Waals surface area contributed by atoms with E-state index in [0.29, 0.717) is 5.69 Å². The minimum Gasteiger partial charge on any atom is -0.497 e. The first kappa shape index (κ1) is 13.9. The number of pyridine rings is 1. The number of amides is 1. The Labute approximate surface area is 118 Å². The van der Waals surface area contributed by atoms with E-state index in [4.69, 9.17) is 4.74 Å². The van der Waals surface area contributed by atoms with E-state index in [-0.39, 0.29) is 5.91 Å². The van der Waals surface area contributed by atoms with Crippen molar-refractivity contribution in [2.24, 2.45) is 0 Å². The van der Waals surface area contributed by atoms with Crippen molar-refractivity contribution in [1.29, 1.82) is 0 Å². The maximum absolute atomic E-state index is 12.4. The van der Waals surface area contributed by atoms with Gasteiger partial charge in [0, 0.05) is 31.7 Å². The van der Waals surface area contributed by atoms with Crippen molar-refractivity contribution in [3.8, 4) is 5.75 Å². The molecular weight excluding hydrogens is 254 g/mol. The van der Waals surface area contributed by atoms with Crippen molar-refractivity contribution in [3.63, 3.8) is 0 Å². The summed E-state index contributed by atoms with van der Waals surface area (Å²) in [4.78, 5) is 18.0. The van der Waals surface area contributed by atoms with Gasteiger partial charge in [-0.15, -0.1) is 0 Å². The molecule has 5 heteroatoms. The number of rotatable bonds is 4. The Hall–Kier alpha value is -2.56. The fraction of sp³-hybridized carbons (Fsp3) is 0.200. The van der Waals surface area contributed by atoms with E-state index >= 15 is 0 Å². The average Bonchev–Trinajstić information content (AvgIpc) is 2.53. The number of aromatic nitrogens is 1. The molecule has 20 heavy (non-hydrogen) atoms. The molecule has 0 aliphatic rings. The molecule has 0 bridgehead atoms. The Morgan fingerprint density at radius 1 is 1.25 bits per heavy atom. The van der Waals surface area contributed by atoms with Crippen LogP contribution in [0.4, 0.5) is 11.4 Å². The fourth-order valence-electron chi connectivity index (χ4n) is 1.80. The minimum absolute atomic E-state index is 0.160. The fourth-order valence-corrected chi connectivity index (χ4v) is 1.80. The molecule has 0 radical (unpaired) electrons. The highest BCUT2D eigenvalue weighted by atomic mass is 16.5. The highest BCUT2D eigenvalue weighted by molar-refractivity contribution is 6.04. The highest BCUT2D eigenvalue weighted by Gasteiger charge is 2.15. The summed E-state index contributed by atoms with van der Waals surface area (Å²) in [6, 6.07) is 10.8. The van der Waals surface area contributed by atoms with Crippen molar-refractivity contribution in [2.75, 3.05) is 31.4 Å². The lowest BCUT2D eigenvalue weighted by Gasteiger charge is -2.17. The van der Waals surface area contributed by atoms with Gasteiger partial charge in [0.1, 0.15) is 11.4 Å². The molecule has 0 saturated heterocycles. The standard InChI is InChI=1S/C15H17N3O2/c1-16-11-8-9-17-14(10-11)15(19)18(2)12-4-6-13(20-3)7-5-12/h4-10H,1-3H3,(H,16,17). The Bertz CT molecular complexity index is 596. The number of anilines is 2. The van der Waals surface area contributed by atoms with Gasteiger partial charge in [-0.05, 0) is 36.4 Å². The van der Waals surface area contributed by atoms with Gasteiger partial charge < -0.3 is 15.0 Å². The molecule has 1 amide bonds. The van der Waals surface area contributed by atoms with Gasteiger partial charge in [0.05, 0.1) is 7.11 Å². The van der Waals surface area contributed by atoms with Crippen molar-refractivity contribution >= 4 is 17.3 Å². The molecule has 1 aromatic carbocycles. The first-order chi connectivity index (χ1) is 9.65. The quantitative estimate of drug-likeness (QED) is 0.927. The number of nitrogens with zero attached hydrogens (tertiary/aromatic N) is 2. The molecule has 1 aromatic heterocycles. The topological polar surface area (TPSA) is 54.5 Å². The predicted molar refractivity (Wildman–Crippen MR) is 79.5 cm³/mol. The third-order valence-corrected chi connectivity index (χ3v) is 3.03. The summed E-state index contributed by atoms with van der Waals surface area (Å²) in [6.07, 6.45) is 1.61. The van der Waals surface area contributed by atoms with E-state index in [1.807, 2.05) is 30.3 Å². The second kappa shape index (κ2) is 6.06. The zero-order valence-corrected chi connectivity index (χ0v) is 11.8. The van der Waals surface area contributed by atoms with Crippen LogP contribution in [0.3, 0.4) is 0 Å². The molecule has 104 valence electrons. The summed E-state index contributed by atoms with van der Waals surface area (Å²) in [6.45, 7) is 0. The lowest BCUT2D eigenvalue weighted by atomic mass is 10.2. The van der Waals surface area contributed by atoms with Gasteiger partial charge in [0.25, 0.3) is 5.91 Å². The number of nitrogens with one attached hydrogen (secondary N) is 1. The van der Waals surface area contributed by atoms with Gasteiger partial charge in [-0.1, -0.05) is 0 Å². The molecule has 5 nitrogen and oxygen atoms in total. The van der Waals surface area contributed by atoms with Crippen LogP contribution in [0.5, 0.6) is 5.75 Å². The molecule has 0 saturated carbocycles. The van der Waals surface area contributed by atoms with Crippen LogP contribution < -0.4 is 15.0 Å². The van der Waals surface area contributed by atoms with E-state index in [9.17, 15) is 4.79 Å². The van der Waals surface area contributed by atoms with Gasteiger partial charge in [0.15, 0.2) is 0 Å². The van der Waals surface area contributed by atoms with E-state index < -0.39 is 0 Å². The Morgan fingerprint density at radius 3 is 2.55 bits per heavy atom. The van der Waals surface area contributed by atoms with Crippen LogP contribution in [-0.2, 0) is 0 Å². The molecule has 0 spiro atoms. The second-order valence-electron chi connectivity index (χ2n) is 4.24. The minimum atomic E-state index is -0.160. The number of carbonyl (C=O) groups excluding carboxylic acids is 1. The lowest BCUT2D eigenvalue weighted by molar-refractivity contribution is 0.0988. The summed E-state index contributed by atoms with van der Waals surface area (Å²) < 4.78 is 5.10. The summed E-state index contributed by atoms with van der Waals surface area (Å²) in [5.41, 5.74) is 2.04. The SMILES string of the molecule is CNc1ccnc(C(=O)N(C)c2ccc(OC)cc2)c1. The lowest BCUT2D eigenvalue weighted by Crippen LogP contribution is -2.27.